The predicted octanol–water partition coefficient (Wildman–Crippen LogP) is 1.61. The number of rotatable bonds is 2. The number of esters is 1. The zero-order valence-corrected chi connectivity index (χ0v) is 9.32. The highest BCUT2D eigenvalue weighted by Gasteiger charge is 2.20. The number of carbonyl (C=O) groups is 1. The van der Waals surface area contributed by atoms with Crippen LogP contribution in [-0.2, 0) is 9.53 Å². The van der Waals surface area contributed by atoms with Gasteiger partial charge in [0.25, 0.3) is 0 Å². The van der Waals surface area contributed by atoms with Gasteiger partial charge in [-0.1, -0.05) is 30.3 Å². The molecule has 0 saturated heterocycles. The first-order valence-corrected chi connectivity index (χ1v) is 5.39. The van der Waals surface area contributed by atoms with Crippen LogP contribution in [-0.4, -0.2) is 26.2 Å². The average Bonchev–Trinajstić information content (AvgIpc) is 2.39. The third-order valence-corrected chi connectivity index (χ3v) is 2.77. The molecule has 0 amide bonds. The summed E-state index contributed by atoms with van der Waals surface area (Å²) in [5, 5.41) is 3.19. The lowest BCUT2D eigenvalue weighted by atomic mass is 9.94. The number of nitrogens with one attached hydrogen (secondary N) is 1. The Morgan fingerprint density at radius 1 is 1.31 bits per heavy atom. The normalized spacial score (nSPS) is 16.1. The van der Waals surface area contributed by atoms with E-state index in [0.717, 1.165) is 29.7 Å². The maximum atomic E-state index is 11.6. The minimum Gasteiger partial charge on any atom is -0.466 e. The van der Waals surface area contributed by atoms with Gasteiger partial charge < -0.3 is 10.1 Å². The number of hydrogen-bond acceptors (Lipinski definition) is 3. The van der Waals surface area contributed by atoms with Crippen LogP contribution in [0.15, 0.2) is 35.9 Å². The van der Waals surface area contributed by atoms with E-state index >= 15 is 0 Å². The van der Waals surface area contributed by atoms with Crippen LogP contribution in [0.25, 0.3) is 5.57 Å². The summed E-state index contributed by atoms with van der Waals surface area (Å²) in [4.78, 5) is 11.6. The summed E-state index contributed by atoms with van der Waals surface area (Å²) < 4.78 is 4.80. The molecule has 2 rings (SSSR count). The van der Waals surface area contributed by atoms with E-state index in [9.17, 15) is 4.79 Å². The summed E-state index contributed by atoms with van der Waals surface area (Å²) in [6, 6.07) is 10.0. The lowest BCUT2D eigenvalue weighted by Gasteiger charge is -2.20. The fourth-order valence-corrected chi connectivity index (χ4v) is 1.96. The molecule has 0 aliphatic carbocycles. The van der Waals surface area contributed by atoms with Crippen molar-refractivity contribution >= 4 is 11.5 Å². The van der Waals surface area contributed by atoms with E-state index in [4.69, 9.17) is 4.74 Å². The van der Waals surface area contributed by atoms with Gasteiger partial charge in [0.1, 0.15) is 0 Å². The highest BCUT2D eigenvalue weighted by molar-refractivity contribution is 5.98. The molecule has 3 nitrogen and oxygen atoms in total. The fraction of sp³-hybridized carbons (Fsp3) is 0.308. The SMILES string of the molecule is COC(=O)C1=C(c2ccccc2)CCNC1. The Kier molecular flexibility index (Phi) is 3.37. The molecule has 0 atom stereocenters. The van der Waals surface area contributed by atoms with Crippen molar-refractivity contribution in [3.05, 3.63) is 41.5 Å². The first kappa shape index (κ1) is 10.9. The second kappa shape index (κ2) is 4.94. The molecular weight excluding hydrogens is 202 g/mol. The number of ether oxygens (including phenoxy) is 1. The highest BCUT2D eigenvalue weighted by Crippen LogP contribution is 2.24. The van der Waals surface area contributed by atoms with Gasteiger partial charge in [0.05, 0.1) is 12.7 Å². The van der Waals surface area contributed by atoms with E-state index in [1.54, 1.807) is 0 Å². The molecule has 84 valence electrons. The number of benzene rings is 1. The zero-order chi connectivity index (χ0) is 11.4. The van der Waals surface area contributed by atoms with Crippen molar-refractivity contribution in [1.82, 2.24) is 5.32 Å². The maximum Gasteiger partial charge on any atom is 0.335 e. The Hall–Kier alpha value is -1.61. The molecule has 1 aliphatic heterocycles. The van der Waals surface area contributed by atoms with Gasteiger partial charge in [-0.25, -0.2) is 4.79 Å². The lowest BCUT2D eigenvalue weighted by molar-refractivity contribution is -0.136. The quantitative estimate of drug-likeness (QED) is 0.765. The Labute approximate surface area is 95.1 Å². The minimum absolute atomic E-state index is 0.231. The van der Waals surface area contributed by atoms with E-state index in [1.165, 1.54) is 7.11 Å². The van der Waals surface area contributed by atoms with Crippen LogP contribution < -0.4 is 5.32 Å². The first-order chi connectivity index (χ1) is 7.83. The van der Waals surface area contributed by atoms with Crippen molar-refractivity contribution in [3.8, 4) is 0 Å². The highest BCUT2D eigenvalue weighted by atomic mass is 16.5. The summed E-state index contributed by atoms with van der Waals surface area (Å²) in [7, 11) is 1.42. The second-order valence-corrected chi connectivity index (χ2v) is 3.74. The van der Waals surface area contributed by atoms with Crippen molar-refractivity contribution in [3.63, 3.8) is 0 Å². The van der Waals surface area contributed by atoms with Crippen LogP contribution in [0, 0.1) is 0 Å². The van der Waals surface area contributed by atoms with E-state index in [1.807, 2.05) is 30.3 Å². The van der Waals surface area contributed by atoms with Gasteiger partial charge in [-0.3, -0.25) is 0 Å². The summed E-state index contributed by atoms with van der Waals surface area (Å²) in [6.45, 7) is 1.50. The van der Waals surface area contributed by atoms with E-state index in [0.29, 0.717) is 6.54 Å². The summed E-state index contributed by atoms with van der Waals surface area (Å²) >= 11 is 0. The van der Waals surface area contributed by atoms with Crippen LogP contribution >= 0.6 is 0 Å². The summed E-state index contributed by atoms with van der Waals surface area (Å²) in [5.74, 6) is -0.231. The zero-order valence-electron chi connectivity index (χ0n) is 9.32. The Bertz CT molecular complexity index is 409. The standard InChI is InChI=1S/C13H15NO2/c1-16-13(15)12-9-14-8-7-11(12)10-5-3-2-4-6-10/h2-6,14H,7-9H2,1H3. The Morgan fingerprint density at radius 3 is 2.75 bits per heavy atom. The fourth-order valence-electron chi connectivity index (χ4n) is 1.96. The molecule has 1 aliphatic rings. The Morgan fingerprint density at radius 2 is 2.06 bits per heavy atom. The number of hydrogen-bond donors (Lipinski definition) is 1. The molecular formula is C13H15NO2. The molecule has 1 aromatic rings. The molecule has 0 saturated carbocycles. The summed E-state index contributed by atoms with van der Waals surface area (Å²) in [5.41, 5.74) is 2.97. The molecule has 0 radical (unpaired) electrons. The molecule has 0 unspecified atom stereocenters. The minimum atomic E-state index is -0.231. The molecule has 16 heavy (non-hydrogen) atoms. The first-order valence-electron chi connectivity index (χ1n) is 5.39. The van der Waals surface area contributed by atoms with Gasteiger partial charge in [-0.2, -0.15) is 0 Å². The molecule has 1 aromatic carbocycles. The van der Waals surface area contributed by atoms with Crippen LogP contribution in [0.5, 0.6) is 0 Å². The smallest absolute Gasteiger partial charge is 0.335 e. The van der Waals surface area contributed by atoms with Gasteiger partial charge in [0.2, 0.25) is 0 Å². The number of methoxy groups -OCH3 is 1. The maximum absolute atomic E-state index is 11.6. The largest absolute Gasteiger partial charge is 0.466 e. The molecule has 1 N–H and O–H groups in total. The van der Waals surface area contributed by atoms with Gasteiger partial charge in [-0.15, -0.1) is 0 Å². The van der Waals surface area contributed by atoms with Crippen LogP contribution in [0.2, 0.25) is 0 Å². The van der Waals surface area contributed by atoms with Crippen molar-refractivity contribution in [2.24, 2.45) is 0 Å². The van der Waals surface area contributed by atoms with Gasteiger partial charge >= 0.3 is 5.97 Å². The third-order valence-electron chi connectivity index (χ3n) is 2.77. The van der Waals surface area contributed by atoms with E-state index in [2.05, 4.69) is 5.32 Å². The number of carbonyl (C=O) groups excluding carboxylic acids is 1. The molecule has 1 heterocycles. The third kappa shape index (κ3) is 2.14. The topological polar surface area (TPSA) is 38.3 Å². The van der Waals surface area contributed by atoms with Crippen LogP contribution in [0.3, 0.4) is 0 Å². The van der Waals surface area contributed by atoms with E-state index in [-0.39, 0.29) is 5.97 Å². The molecule has 3 heteroatoms. The van der Waals surface area contributed by atoms with E-state index < -0.39 is 0 Å². The molecule has 0 spiro atoms. The molecule has 0 aromatic heterocycles. The average molecular weight is 217 g/mol. The van der Waals surface area contributed by atoms with Crippen molar-refractivity contribution in [2.75, 3.05) is 20.2 Å². The predicted molar refractivity (Wildman–Crippen MR) is 62.9 cm³/mol. The second-order valence-electron chi connectivity index (χ2n) is 3.74. The lowest BCUT2D eigenvalue weighted by Crippen LogP contribution is -2.28. The monoisotopic (exact) mass is 217 g/mol. The summed E-state index contributed by atoms with van der Waals surface area (Å²) in [6.07, 6.45) is 0.869. The Balaban J connectivity index is 2.41. The molecule has 0 bridgehead atoms. The van der Waals surface area contributed by atoms with Gasteiger partial charge in [-0.05, 0) is 24.1 Å². The van der Waals surface area contributed by atoms with Crippen molar-refractivity contribution in [1.29, 1.82) is 0 Å². The molecule has 0 fully saturated rings. The van der Waals surface area contributed by atoms with Crippen molar-refractivity contribution in [2.45, 2.75) is 6.42 Å². The van der Waals surface area contributed by atoms with Crippen LogP contribution in [0.4, 0.5) is 0 Å². The van der Waals surface area contributed by atoms with Crippen LogP contribution in [0.1, 0.15) is 12.0 Å². The van der Waals surface area contributed by atoms with Gasteiger partial charge in [0.15, 0.2) is 0 Å². The van der Waals surface area contributed by atoms with Gasteiger partial charge in [0, 0.05) is 6.54 Å². The van der Waals surface area contributed by atoms with Crippen molar-refractivity contribution < 1.29 is 9.53 Å².